The first kappa shape index (κ1) is 13.5. The Labute approximate surface area is 111 Å². The van der Waals surface area contributed by atoms with Gasteiger partial charge in [0.05, 0.1) is 6.10 Å². The number of aliphatic carboxylic acids is 1. The average molecular weight is 263 g/mol. The van der Waals surface area contributed by atoms with Crippen molar-refractivity contribution in [2.75, 3.05) is 6.54 Å². The molecule has 1 aliphatic heterocycles. The number of carbonyl (C=O) groups is 2. The highest BCUT2D eigenvalue weighted by atomic mass is 16.4. The molecular weight excluding hydrogens is 246 g/mol. The summed E-state index contributed by atoms with van der Waals surface area (Å²) in [7, 11) is 0. The number of carboxylic acid groups (broad SMARTS) is 1. The van der Waals surface area contributed by atoms with Gasteiger partial charge in [0, 0.05) is 18.5 Å². The minimum absolute atomic E-state index is 0.0725. The van der Waals surface area contributed by atoms with Crippen LogP contribution in [0.5, 0.6) is 0 Å². The van der Waals surface area contributed by atoms with Crippen molar-refractivity contribution in [3.05, 3.63) is 34.9 Å². The second-order valence-corrected chi connectivity index (χ2v) is 5.02. The summed E-state index contributed by atoms with van der Waals surface area (Å²) in [6.07, 6.45) is -0.679. The van der Waals surface area contributed by atoms with Gasteiger partial charge < -0.3 is 15.1 Å². The zero-order valence-corrected chi connectivity index (χ0v) is 11.0. The Morgan fingerprint density at radius 2 is 2.00 bits per heavy atom. The zero-order chi connectivity index (χ0) is 14.2. The van der Waals surface area contributed by atoms with Crippen molar-refractivity contribution in [2.24, 2.45) is 0 Å². The van der Waals surface area contributed by atoms with E-state index < -0.39 is 18.1 Å². The number of carbonyl (C=O) groups excluding carboxylic acids is 1. The maximum atomic E-state index is 12.4. The lowest BCUT2D eigenvalue weighted by molar-refractivity contribution is -0.141. The van der Waals surface area contributed by atoms with E-state index in [4.69, 9.17) is 5.11 Å². The molecule has 5 nitrogen and oxygen atoms in total. The molecule has 0 unspecified atom stereocenters. The number of carboxylic acids is 1. The number of hydrogen-bond donors (Lipinski definition) is 2. The molecule has 1 amide bonds. The Bertz CT molecular complexity index is 526. The van der Waals surface area contributed by atoms with Gasteiger partial charge in [0.15, 0.2) is 0 Å². The Balaban J connectivity index is 2.30. The third kappa shape index (κ3) is 2.61. The van der Waals surface area contributed by atoms with Gasteiger partial charge in [0.2, 0.25) is 0 Å². The van der Waals surface area contributed by atoms with Crippen molar-refractivity contribution in [3.8, 4) is 0 Å². The van der Waals surface area contributed by atoms with Gasteiger partial charge in [-0.25, -0.2) is 4.79 Å². The molecule has 102 valence electrons. The SMILES string of the molecule is Cc1ccc(C(=O)N2C[C@H](O)C[C@H]2C(=O)O)c(C)c1. The van der Waals surface area contributed by atoms with Crippen LogP contribution in [0.2, 0.25) is 0 Å². The van der Waals surface area contributed by atoms with E-state index in [1.165, 1.54) is 4.90 Å². The van der Waals surface area contributed by atoms with Crippen LogP contribution in [0.15, 0.2) is 18.2 Å². The molecule has 1 saturated heterocycles. The monoisotopic (exact) mass is 263 g/mol. The summed E-state index contributed by atoms with van der Waals surface area (Å²) in [6.45, 7) is 3.83. The summed E-state index contributed by atoms with van der Waals surface area (Å²) in [5.41, 5.74) is 2.35. The first-order valence-electron chi connectivity index (χ1n) is 6.19. The van der Waals surface area contributed by atoms with Gasteiger partial charge >= 0.3 is 5.97 Å². The van der Waals surface area contributed by atoms with Crippen LogP contribution in [0, 0.1) is 13.8 Å². The van der Waals surface area contributed by atoms with Gasteiger partial charge in [0.25, 0.3) is 5.91 Å². The summed E-state index contributed by atoms with van der Waals surface area (Å²) in [5.74, 6) is -1.41. The molecule has 2 atom stereocenters. The second-order valence-electron chi connectivity index (χ2n) is 5.02. The summed E-state index contributed by atoms with van der Waals surface area (Å²) in [5, 5.41) is 18.7. The number of aryl methyl sites for hydroxylation is 2. The Hall–Kier alpha value is -1.88. The van der Waals surface area contributed by atoms with Crippen LogP contribution in [-0.2, 0) is 4.79 Å². The maximum Gasteiger partial charge on any atom is 0.326 e. The van der Waals surface area contributed by atoms with Crippen molar-refractivity contribution >= 4 is 11.9 Å². The fraction of sp³-hybridized carbons (Fsp3) is 0.429. The molecule has 1 aromatic carbocycles. The minimum Gasteiger partial charge on any atom is -0.480 e. The molecule has 1 fully saturated rings. The van der Waals surface area contributed by atoms with Crippen LogP contribution in [0.4, 0.5) is 0 Å². The third-order valence-electron chi connectivity index (χ3n) is 3.44. The number of benzene rings is 1. The number of β-amino-alcohol motifs (C(OH)–C–C–N with tert-alkyl or cyclic N) is 1. The molecule has 1 heterocycles. The van der Waals surface area contributed by atoms with Crippen molar-refractivity contribution in [1.82, 2.24) is 4.90 Å². The van der Waals surface area contributed by atoms with Gasteiger partial charge in [-0.05, 0) is 25.5 Å². The Kier molecular flexibility index (Phi) is 3.57. The first-order chi connectivity index (χ1) is 8.90. The number of hydrogen-bond acceptors (Lipinski definition) is 3. The molecule has 2 rings (SSSR count). The first-order valence-corrected chi connectivity index (χ1v) is 6.19. The molecule has 1 aromatic rings. The van der Waals surface area contributed by atoms with Gasteiger partial charge in [-0.3, -0.25) is 4.79 Å². The van der Waals surface area contributed by atoms with E-state index in [2.05, 4.69) is 0 Å². The van der Waals surface area contributed by atoms with Gasteiger partial charge in [0.1, 0.15) is 6.04 Å². The largest absolute Gasteiger partial charge is 0.480 e. The van der Waals surface area contributed by atoms with Crippen LogP contribution in [0.3, 0.4) is 0 Å². The van der Waals surface area contributed by atoms with Crippen molar-refractivity contribution in [3.63, 3.8) is 0 Å². The number of nitrogens with zero attached hydrogens (tertiary/aromatic N) is 1. The number of aliphatic hydroxyl groups excluding tert-OH is 1. The van der Waals surface area contributed by atoms with Crippen molar-refractivity contribution in [1.29, 1.82) is 0 Å². The molecule has 1 aliphatic rings. The molecule has 5 heteroatoms. The Morgan fingerprint density at radius 1 is 1.32 bits per heavy atom. The van der Waals surface area contributed by atoms with E-state index in [9.17, 15) is 14.7 Å². The van der Waals surface area contributed by atoms with Crippen LogP contribution >= 0.6 is 0 Å². The lowest BCUT2D eigenvalue weighted by Gasteiger charge is -2.22. The van der Waals surface area contributed by atoms with Gasteiger partial charge in [-0.2, -0.15) is 0 Å². The molecule has 0 radical (unpaired) electrons. The Morgan fingerprint density at radius 3 is 2.58 bits per heavy atom. The summed E-state index contributed by atoms with van der Waals surface area (Å²) in [4.78, 5) is 24.8. The quantitative estimate of drug-likeness (QED) is 0.833. The molecule has 0 spiro atoms. The molecular formula is C14H17NO4. The molecule has 0 bridgehead atoms. The molecule has 0 saturated carbocycles. The molecule has 2 N–H and O–H groups in total. The van der Waals surface area contributed by atoms with E-state index >= 15 is 0 Å². The van der Waals surface area contributed by atoms with Crippen molar-refractivity contribution in [2.45, 2.75) is 32.4 Å². The lowest BCUT2D eigenvalue weighted by Crippen LogP contribution is -2.40. The fourth-order valence-electron chi connectivity index (χ4n) is 2.48. The number of amides is 1. The lowest BCUT2D eigenvalue weighted by atomic mass is 10.0. The van der Waals surface area contributed by atoms with Crippen LogP contribution in [0.25, 0.3) is 0 Å². The van der Waals surface area contributed by atoms with E-state index in [-0.39, 0.29) is 18.9 Å². The van der Waals surface area contributed by atoms with Crippen LogP contribution < -0.4 is 0 Å². The highest BCUT2D eigenvalue weighted by Crippen LogP contribution is 2.22. The predicted octanol–water partition coefficient (Wildman–Crippen LogP) is 0.963. The van der Waals surface area contributed by atoms with E-state index in [0.29, 0.717) is 5.56 Å². The topological polar surface area (TPSA) is 77.8 Å². The van der Waals surface area contributed by atoms with Crippen LogP contribution in [-0.4, -0.2) is 45.7 Å². The molecule has 19 heavy (non-hydrogen) atoms. The maximum absolute atomic E-state index is 12.4. The number of likely N-dealkylation sites (tertiary alicyclic amines) is 1. The van der Waals surface area contributed by atoms with E-state index in [0.717, 1.165) is 11.1 Å². The predicted molar refractivity (Wildman–Crippen MR) is 69.0 cm³/mol. The summed E-state index contributed by atoms with van der Waals surface area (Å²) < 4.78 is 0. The average Bonchev–Trinajstić information content (AvgIpc) is 2.70. The van der Waals surface area contributed by atoms with Gasteiger partial charge in [-0.1, -0.05) is 17.7 Å². The van der Waals surface area contributed by atoms with E-state index in [1.54, 1.807) is 6.07 Å². The number of aliphatic hydroxyl groups is 1. The second kappa shape index (κ2) is 5.01. The molecule has 0 aliphatic carbocycles. The van der Waals surface area contributed by atoms with E-state index in [1.807, 2.05) is 26.0 Å². The van der Waals surface area contributed by atoms with Crippen molar-refractivity contribution < 1.29 is 19.8 Å². The zero-order valence-electron chi connectivity index (χ0n) is 11.0. The highest BCUT2D eigenvalue weighted by Gasteiger charge is 2.39. The van der Waals surface area contributed by atoms with Crippen LogP contribution in [0.1, 0.15) is 27.9 Å². The normalized spacial score (nSPS) is 22.6. The fourth-order valence-corrected chi connectivity index (χ4v) is 2.48. The number of rotatable bonds is 2. The molecule has 0 aromatic heterocycles. The minimum atomic E-state index is -1.07. The summed E-state index contributed by atoms with van der Waals surface area (Å²) in [6, 6.07) is 4.47. The third-order valence-corrected chi connectivity index (χ3v) is 3.44. The van der Waals surface area contributed by atoms with Gasteiger partial charge in [-0.15, -0.1) is 0 Å². The standard InChI is InChI=1S/C14H17NO4/c1-8-3-4-11(9(2)5-8)13(17)15-7-10(16)6-12(15)14(18)19/h3-5,10,12,16H,6-7H2,1-2H3,(H,18,19)/t10-,12+/m1/s1. The summed E-state index contributed by atoms with van der Waals surface area (Å²) >= 11 is 0. The smallest absolute Gasteiger partial charge is 0.326 e. The highest BCUT2D eigenvalue weighted by molar-refractivity contribution is 5.98.